The maximum absolute atomic E-state index is 12.3. The molecule has 0 aliphatic heterocycles. The summed E-state index contributed by atoms with van der Waals surface area (Å²) in [6, 6.07) is 6.93. The molecule has 0 saturated heterocycles. The Morgan fingerprint density at radius 3 is 2.65 bits per heavy atom. The molecule has 0 aliphatic rings. The van der Waals surface area contributed by atoms with Crippen LogP contribution in [-0.2, 0) is 10.3 Å². The van der Waals surface area contributed by atoms with Crippen molar-refractivity contribution in [1.29, 1.82) is 0 Å². The molecule has 1 heterocycles. The molecule has 3 N–H and O–H groups in total. The molecule has 0 saturated carbocycles. The van der Waals surface area contributed by atoms with E-state index in [-0.39, 0.29) is 11.9 Å². The molecular weight excluding hydrogens is 324 g/mol. The third kappa shape index (κ3) is 3.05. The molecule has 1 aromatic carbocycles. The summed E-state index contributed by atoms with van der Waals surface area (Å²) < 4.78 is 5.58. The van der Waals surface area contributed by atoms with Gasteiger partial charge >= 0.3 is 0 Å². The number of rotatable bonds is 4. The summed E-state index contributed by atoms with van der Waals surface area (Å²) in [5.74, 6) is 0.0991. The van der Waals surface area contributed by atoms with Crippen molar-refractivity contribution in [3.63, 3.8) is 0 Å². The second-order valence-corrected chi connectivity index (χ2v) is 5.61. The lowest BCUT2D eigenvalue weighted by molar-refractivity contribution is -0.126. The molecule has 7 heteroatoms. The number of carbonyl (C=O) groups excluding carboxylic acids is 1. The molecule has 2 atom stereocenters. The Bertz CT molecular complexity index is 581. The van der Waals surface area contributed by atoms with Gasteiger partial charge in [-0.05, 0) is 31.5 Å². The van der Waals surface area contributed by atoms with E-state index in [0.717, 1.165) is 10.0 Å². The fraction of sp³-hybridized carbons (Fsp3) is 0.308. The second kappa shape index (κ2) is 5.72. The third-order valence-electron chi connectivity index (χ3n) is 3.03. The van der Waals surface area contributed by atoms with Crippen molar-refractivity contribution < 1.29 is 9.32 Å². The number of hydrogen-bond acceptors (Lipinski definition) is 5. The number of hydrogen-bond donors (Lipinski definition) is 2. The van der Waals surface area contributed by atoms with Gasteiger partial charge in [0.25, 0.3) is 0 Å². The van der Waals surface area contributed by atoms with Crippen LogP contribution in [0, 0.1) is 0 Å². The minimum absolute atomic E-state index is 0.308. The Balaban J connectivity index is 2.13. The lowest BCUT2D eigenvalue weighted by Gasteiger charge is -2.25. The molecule has 2 unspecified atom stereocenters. The van der Waals surface area contributed by atoms with Gasteiger partial charge in [0.1, 0.15) is 5.54 Å². The Labute approximate surface area is 124 Å². The topological polar surface area (TPSA) is 94.0 Å². The van der Waals surface area contributed by atoms with E-state index in [9.17, 15) is 4.79 Å². The molecule has 0 aliphatic carbocycles. The predicted molar refractivity (Wildman–Crippen MR) is 76.5 cm³/mol. The zero-order valence-corrected chi connectivity index (χ0v) is 12.7. The van der Waals surface area contributed by atoms with Gasteiger partial charge in [-0.25, -0.2) is 0 Å². The highest BCUT2D eigenvalue weighted by molar-refractivity contribution is 9.10. The lowest BCUT2D eigenvalue weighted by Crippen LogP contribution is -2.49. The number of aromatic nitrogens is 2. The molecule has 6 nitrogen and oxygen atoms in total. The van der Waals surface area contributed by atoms with Crippen LogP contribution in [0.5, 0.6) is 0 Å². The van der Waals surface area contributed by atoms with Crippen molar-refractivity contribution >= 4 is 21.8 Å². The van der Waals surface area contributed by atoms with Gasteiger partial charge in [-0.3, -0.25) is 4.79 Å². The monoisotopic (exact) mass is 338 g/mol. The van der Waals surface area contributed by atoms with Crippen LogP contribution < -0.4 is 11.1 Å². The van der Waals surface area contributed by atoms with Crippen molar-refractivity contribution in [2.45, 2.75) is 25.4 Å². The maximum atomic E-state index is 12.3. The molecular formula is C13H15BrN4O2. The smallest absolute Gasteiger partial charge is 0.244 e. The van der Waals surface area contributed by atoms with E-state index in [0.29, 0.717) is 5.82 Å². The van der Waals surface area contributed by atoms with E-state index >= 15 is 0 Å². The summed E-state index contributed by atoms with van der Waals surface area (Å²) in [4.78, 5) is 16.2. The first-order valence-corrected chi connectivity index (χ1v) is 6.82. The van der Waals surface area contributed by atoms with Crippen LogP contribution in [0.25, 0.3) is 0 Å². The summed E-state index contributed by atoms with van der Waals surface area (Å²) in [6.45, 7) is 3.43. The minimum atomic E-state index is -1.14. The van der Waals surface area contributed by atoms with Gasteiger partial charge < -0.3 is 15.6 Å². The Morgan fingerprint density at radius 1 is 1.45 bits per heavy atom. The number of nitrogens with one attached hydrogen (secondary N) is 1. The molecule has 2 aromatic rings. The standard InChI is InChI=1S/C13H15BrN4O2/c1-8(11-16-7-20-18-11)17-12(19)13(2,15)9-3-5-10(14)6-4-9/h3-8H,15H2,1-2H3,(H,17,19). The molecule has 106 valence electrons. The summed E-state index contributed by atoms with van der Waals surface area (Å²) in [5.41, 5.74) is 5.72. The molecule has 2 rings (SSSR count). The van der Waals surface area contributed by atoms with Gasteiger partial charge in [-0.1, -0.05) is 33.2 Å². The molecule has 0 fully saturated rings. The molecule has 20 heavy (non-hydrogen) atoms. The number of carbonyl (C=O) groups is 1. The lowest BCUT2D eigenvalue weighted by atomic mass is 9.92. The minimum Gasteiger partial charge on any atom is -0.344 e. The first-order valence-electron chi connectivity index (χ1n) is 6.03. The van der Waals surface area contributed by atoms with Crippen LogP contribution in [0.1, 0.15) is 31.3 Å². The molecule has 0 radical (unpaired) electrons. The van der Waals surface area contributed by atoms with Crippen molar-refractivity contribution in [3.8, 4) is 0 Å². The number of nitrogens with zero attached hydrogens (tertiary/aromatic N) is 2. The Hall–Kier alpha value is -1.73. The van der Waals surface area contributed by atoms with Crippen LogP contribution in [0.4, 0.5) is 0 Å². The van der Waals surface area contributed by atoms with Crippen LogP contribution in [0.15, 0.2) is 39.7 Å². The zero-order valence-electron chi connectivity index (χ0n) is 11.1. The van der Waals surface area contributed by atoms with Gasteiger partial charge in [0, 0.05) is 4.47 Å². The average molecular weight is 339 g/mol. The molecule has 1 aromatic heterocycles. The van der Waals surface area contributed by atoms with Gasteiger partial charge in [-0.15, -0.1) is 0 Å². The van der Waals surface area contributed by atoms with E-state index in [1.807, 2.05) is 24.3 Å². The summed E-state index contributed by atoms with van der Waals surface area (Å²) in [7, 11) is 0. The highest BCUT2D eigenvalue weighted by Gasteiger charge is 2.32. The van der Waals surface area contributed by atoms with E-state index < -0.39 is 5.54 Å². The number of halogens is 1. The number of benzene rings is 1. The quantitative estimate of drug-likeness (QED) is 0.887. The average Bonchev–Trinajstić information content (AvgIpc) is 2.93. The third-order valence-corrected chi connectivity index (χ3v) is 3.56. The fourth-order valence-corrected chi connectivity index (χ4v) is 1.97. The van der Waals surface area contributed by atoms with E-state index in [2.05, 4.69) is 35.9 Å². The summed E-state index contributed by atoms with van der Waals surface area (Å²) >= 11 is 3.35. The fourth-order valence-electron chi connectivity index (χ4n) is 1.71. The van der Waals surface area contributed by atoms with Gasteiger partial charge in [0.05, 0.1) is 6.04 Å². The van der Waals surface area contributed by atoms with Crippen LogP contribution in [0.2, 0.25) is 0 Å². The van der Waals surface area contributed by atoms with Crippen LogP contribution in [-0.4, -0.2) is 16.0 Å². The SMILES string of the molecule is CC(NC(=O)C(C)(N)c1ccc(Br)cc1)c1ncon1. The zero-order chi connectivity index (χ0) is 14.8. The van der Waals surface area contributed by atoms with Crippen LogP contribution >= 0.6 is 15.9 Å². The highest BCUT2D eigenvalue weighted by atomic mass is 79.9. The van der Waals surface area contributed by atoms with E-state index in [1.165, 1.54) is 6.39 Å². The summed E-state index contributed by atoms with van der Waals surface area (Å²) in [5, 5.41) is 6.46. The van der Waals surface area contributed by atoms with Crippen molar-refractivity contribution in [1.82, 2.24) is 15.5 Å². The predicted octanol–water partition coefficient (Wildman–Crippen LogP) is 1.88. The van der Waals surface area contributed by atoms with Crippen LogP contribution in [0.3, 0.4) is 0 Å². The van der Waals surface area contributed by atoms with E-state index in [1.54, 1.807) is 13.8 Å². The normalized spacial score (nSPS) is 15.4. The number of amides is 1. The molecule has 0 spiro atoms. The number of nitrogens with two attached hydrogens (primary N) is 1. The van der Waals surface area contributed by atoms with Gasteiger partial charge in [0.15, 0.2) is 5.82 Å². The maximum Gasteiger partial charge on any atom is 0.244 e. The Kier molecular flexibility index (Phi) is 4.20. The van der Waals surface area contributed by atoms with Crippen molar-refractivity contribution in [2.24, 2.45) is 5.73 Å². The summed E-state index contributed by atoms with van der Waals surface area (Å²) in [6.07, 6.45) is 1.22. The second-order valence-electron chi connectivity index (χ2n) is 4.69. The molecule has 0 bridgehead atoms. The largest absolute Gasteiger partial charge is 0.344 e. The van der Waals surface area contributed by atoms with Crippen molar-refractivity contribution in [2.75, 3.05) is 0 Å². The van der Waals surface area contributed by atoms with Crippen molar-refractivity contribution in [3.05, 3.63) is 46.5 Å². The first-order chi connectivity index (χ1) is 9.41. The Morgan fingerprint density at radius 2 is 2.10 bits per heavy atom. The van der Waals surface area contributed by atoms with Gasteiger partial charge in [0.2, 0.25) is 12.3 Å². The van der Waals surface area contributed by atoms with Gasteiger partial charge in [-0.2, -0.15) is 4.98 Å². The first kappa shape index (κ1) is 14.7. The van der Waals surface area contributed by atoms with E-state index in [4.69, 9.17) is 5.73 Å². The highest BCUT2D eigenvalue weighted by Crippen LogP contribution is 2.21. The molecule has 1 amide bonds.